The molecule has 1 amide bonds. The lowest BCUT2D eigenvalue weighted by molar-refractivity contribution is -0.137. The molecule has 1 radical (unpaired) electrons. The minimum absolute atomic E-state index is 0.0916. The number of hydrogen-bond acceptors (Lipinski definition) is 3. The first kappa shape index (κ1) is 12.6. The van der Waals surface area contributed by atoms with E-state index in [1.165, 1.54) is 0 Å². The van der Waals surface area contributed by atoms with Crippen LogP contribution in [0, 0.1) is 0 Å². The van der Waals surface area contributed by atoms with E-state index >= 15 is 0 Å². The zero-order valence-electron chi connectivity index (χ0n) is 8.08. The summed E-state index contributed by atoms with van der Waals surface area (Å²) in [7, 11) is 0. The van der Waals surface area contributed by atoms with Crippen LogP contribution >= 0.6 is 0 Å². The number of carbonyl (C=O) groups excluding carboxylic acids is 2. The van der Waals surface area contributed by atoms with Crippen molar-refractivity contribution in [1.29, 1.82) is 0 Å². The summed E-state index contributed by atoms with van der Waals surface area (Å²) < 4.78 is 0. The van der Waals surface area contributed by atoms with Crippen LogP contribution in [0.3, 0.4) is 0 Å². The zero-order chi connectivity index (χ0) is 11.0. The lowest BCUT2D eigenvalue weighted by Gasteiger charge is -2.09. The molecule has 5 heteroatoms. The van der Waals surface area contributed by atoms with Gasteiger partial charge < -0.3 is 10.4 Å². The van der Waals surface area contributed by atoms with Gasteiger partial charge in [0.15, 0.2) is 0 Å². The molecule has 0 heterocycles. The van der Waals surface area contributed by atoms with Gasteiger partial charge in [-0.25, -0.2) is 0 Å². The van der Waals surface area contributed by atoms with Gasteiger partial charge in [-0.05, 0) is 12.8 Å². The van der Waals surface area contributed by atoms with Gasteiger partial charge in [-0.1, -0.05) is 6.92 Å². The highest BCUT2D eigenvalue weighted by Gasteiger charge is 2.12. The molecule has 0 fully saturated rings. The fourth-order valence-electron chi connectivity index (χ4n) is 0.922. The molecule has 1 atom stereocenters. The number of carboxylic acids is 1. The molecule has 0 unspecified atom stereocenters. The van der Waals surface area contributed by atoms with Crippen LogP contribution in [0.4, 0.5) is 0 Å². The smallest absolute Gasteiger partial charge is 0.303 e. The largest absolute Gasteiger partial charge is 0.481 e. The van der Waals surface area contributed by atoms with E-state index in [2.05, 4.69) is 5.32 Å². The highest BCUT2D eigenvalue weighted by Crippen LogP contribution is 1.96. The molecule has 0 aliphatic heterocycles. The molecular formula is C9H14NO4. The highest BCUT2D eigenvalue weighted by atomic mass is 16.4. The van der Waals surface area contributed by atoms with Crippen molar-refractivity contribution in [2.75, 3.05) is 0 Å². The van der Waals surface area contributed by atoms with Crippen LogP contribution in [0.2, 0.25) is 0 Å². The molecule has 14 heavy (non-hydrogen) atoms. The number of carbonyl (C=O) groups is 2. The summed E-state index contributed by atoms with van der Waals surface area (Å²) in [6.07, 6.45) is 2.58. The molecule has 0 saturated carbocycles. The molecule has 0 rings (SSSR count). The highest BCUT2D eigenvalue weighted by molar-refractivity contribution is 5.79. The molecule has 0 aromatic rings. The summed E-state index contributed by atoms with van der Waals surface area (Å²) in [6, 6.07) is -0.801. The van der Waals surface area contributed by atoms with E-state index < -0.39 is 12.0 Å². The molecule has 0 saturated heterocycles. The van der Waals surface area contributed by atoms with Crippen molar-refractivity contribution in [2.24, 2.45) is 0 Å². The van der Waals surface area contributed by atoms with E-state index in [0.717, 1.165) is 0 Å². The molecule has 5 nitrogen and oxygen atoms in total. The monoisotopic (exact) mass is 200 g/mol. The minimum atomic E-state index is -0.991. The molecule has 79 valence electrons. The molecule has 0 aliphatic rings. The van der Waals surface area contributed by atoms with Crippen molar-refractivity contribution in [2.45, 2.75) is 38.6 Å². The van der Waals surface area contributed by atoms with Crippen molar-refractivity contribution in [3.63, 3.8) is 0 Å². The summed E-state index contributed by atoms with van der Waals surface area (Å²) in [5.41, 5.74) is 0. The van der Waals surface area contributed by atoms with Gasteiger partial charge >= 0.3 is 5.97 Å². The Labute approximate surface area is 82.5 Å². The van der Waals surface area contributed by atoms with Crippen LogP contribution in [-0.2, 0) is 14.4 Å². The lowest BCUT2D eigenvalue weighted by atomic mass is 10.1. The quantitative estimate of drug-likeness (QED) is 0.616. The van der Waals surface area contributed by atoms with Gasteiger partial charge in [-0.15, -0.1) is 0 Å². The Bertz CT molecular complexity index is 215. The number of amides is 1. The second-order valence-electron chi connectivity index (χ2n) is 2.92. The van der Waals surface area contributed by atoms with Gasteiger partial charge in [0, 0.05) is 12.8 Å². The Balaban J connectivity index is 3.84. The molecule has 0 aromatic heterocycles. The third kappa shape index (κ3) is 6.16. The van der Waals surface area contributed by atoms with Crippen LogP contribution < -0.4 is 5.32 Å². The zero-order valence-corrected chi connectivity index (χ0v) is 8.08. The fourth-order valence-corrected chi connectivity index (χ4v) is 0.922. The molecular weight excluding hydrogens is 186 g/mol. The second kappa shape index (κ2) is 7.06. The van der Waals surface area contributed by atoms with Crippen LogP contribution in [0.25, 0.3) is 0 Å². The summed E-state index contributed by atoms with van der Waals surface area (Å²) in [6.45, 7) is 1.84. The number of carboxylic acid groups (broad SMARTS) is 1. The normalized spacial score (nSPS) is 11.8. The predicted molar refractivity (Wildman–Crippen MR) is 49.4 cm³/mol. The minimum Gasteiger partial charge on any atom is -0.481 e. The number of rotatable bonds is 7. The third-order valence-electron chi connectivity index (χ3n) is 1.60. The van der Waals surface area contributed by atoms with Crippen molar-refractivity contribution in [3.05, 3.63) is 0 Å². The van der Waals surface area contributed by atoms with E-state index in [4.69, 9.17) is 5.11 Å². The predicted octanol–water partition coefficient (Wildman–Crippen LogP) is 0.246. The number of nitrogens with one attached hydrogen (secondary N) is 1. The Hall–Kier alpha value is -1.39. The Kier molecular flexibility index (Phi) is 6.36. The van der Waals surface area contributed by atoms with Crippen molar-refractivity contribution in [3.8, 4) is 0 Å². The average Bonchev–Trinajstić information content (AvgIpc) is 2.12. The maximum Gasteiger partial charge on any atom is 0.303 e. The number of aliphatic carboxylic acids is 1. The first-order chi connectivity index (χ1) is 6.60. The van der Waals surface area contributed by atoms with Gasteiger partial charge in [0.1, 0.15) is 0 Å². The van der Waals surface area contributed by atoms with Crippen LogP contribution in [-0.4, -0.2) is 29.3 Å². The van der Waals surface area contributed by atoms with Gasteiger partial charge in [0.25, 0.3) is 0 Å². The first-order valence-corrected chi connectivity index (χ1v) is 4.49. The summed E-state index contributed by atoms with van der Waals surface area (Å²) >= 11 is 0. The molecule has 0 spiro atoms. The van der Waals surface area contributed by atoms with E-state index in [1.54, 1.807) is 6.29 Å². The molecule has 0 bridgehead atoms. The number of hydrogen-bond donors (Lipinski definition) is 2. The van der Waals surface area contributed by atoms with Crippen LogP contribution in [0.1, 0.15) is 32.6 Å². The summed E-state index contributed by atoms with van der Waals surface area (Å²) in [5, 5.41) is 10.7. The molecule has 0 aliphatic carbocycles. The topological polar surface area (TPSA) is 83.5 Å². The standard InChI is InChI=1S/C9H14NO4/c1-2-3-8(12)10-7(6-11)4-5-9(13)14/h7H,2-5H2,1H3,(H,10,12)(H,13,14)/t7-/m1/s1. The van der Waals surface area contributed by atoms with E-state index in [-0.39, 0.29) is 18.7 Å². The van der Waals surface area contributed by atoms with Gasteiger partial charge in [0.05, 0.1) is 6.04 Å². The van der Waals surface area contributed by atoms with E-state index in [0.29, 0.717) is 12.8 Å². The van der Waals surface area contributed by atoms with Crippen LogP contribution in [0.5, 0.6) is 0 Å². The Morgan fingerprint density at radius 3 is 2.50 bits per heavy atom. The SMILES string of the molecule is CCCC(=O)N[C@@H]([C]=O)CCC(=O)O. The van der Waals surface area contributed by atoms with Gasteiger partial charge in [-0.2, -0.15) is 0 Å². The lowest BCUT2D eigenvalue weighted by Crippen LogP contribution is -2.36. The average molecular weight is 200 g/mol. The van der Waals surface area contributed by atoms with Crippen molar-refractivity contribution < 1.29 is 19.5 Å². The summed E-state index contributed by atoms with van der Waals surface area (Å²) in [4.78, 5) is 31.5. The van der Waals surface area contributed by atoms with Crippen LogP contribution in [0.15, 0.2) is 0 Å². The Morgan fingerprint density at radius 1 is 1.43 bits per heavy atom. The van der Waals surface area contributed by atoms with E-state index in [1.807, 2.05) is 6.92 Å². The van der Waals surface area contributed by atoms with Gasteiger partial charge in [0.2, 0.25) is 12.2 Å². The molecule has 0 aromatic carbocycles. The summed E-state index contributed by atoms with van der Waals surface area (Å²) in [5.74, 6) is -1.23. The maximum atomic E-state index is 11.0. The second-order valence-corrected chi connectivity index (χ2v) is 2.92. The fraction of sp³-hybridized carbons (Fsp3) is 0.667. The van der Waals surface area contributed by atoms with Crippen molar-refractivity contribution >= 4 is 18.2 Å². The third-order valence-corrected chi connectivity index (χ3v) is 1.60. The Morgan fingerprint density at radius 2 is 2.07 bits per heavy atom. The first-order valence-electron chi connectivity index (χ1n) is 4.49. The maximum absolute atomic E-state index is 11.0. The van der Waals surface area contributed by atoms with Crippen molar-refractivity contribution in [1.82, 2.24) is 5.32 Å². The molecule has 2 N–H and O–H groups in total. The van der Waals surface area contributed by atoms with Gasteiger partial charge in [-0.3, -0.25) is 14.4 Å². The van der Waals surface area contributed by atoms with E-state index in [9.17, 15) is 14.4 Å².